The Labute approximate surface area is 315 Å². The van der Waals surface area contributed by atoms with Gasteiger partial charge in [-0.2, -0.15) is 0 Å². The number of amides is 5. The van der Waals surface area contributed by atoms with Crippen LogP contribution in [0.25, 0.3) is 11.3 Å². The van der Waals surface area contributed by atoms with Crippen molar-refractivity contribution in [2.45, 2.75) is 89.4 Å². The van der Waals surface area contributed by atoms with E-state index in [-0.39, 0.29) is 42.6 Å². The first-order valence-corrected chi connectivity index (χ1v) is 19.3. The number of hydrogen-bond donors (Lipinski definition) is 4. The second-order valence-corrected chi connectivity index (χ2v) is 14.7. The quantitative estimate of drug-likeness (QED) is 0.161. The van der Waals surface area contributed by atoms with Gasteiger partial charge in [0.2, 0.25) is 23.6 Å². The summed E-state index contributed by atoms with van der Waals surface area (Å²) in [5.74, 6) is -1.06. The molecule has 1 saturated carbocycles. The number of rotatable bonds is 15. The predicted molar refractivity (Wildman–Crippen MR) is 205 cm³/mol. The second-order valence-electron chi connectivity index (χ2n) is 13.7. The number of likely N-dealkylation sites (N-methyl/N-ethyl adjacent to an activating group) is 1. The van der Waals surface area contributed by atoms with Crippen molar-refractivity contribution in [2.75, 3.05) is 37.8 Å². The summed E-state index contributed by atoms with van der Waals surface area (Å²) in [7, 11) is 3.33. The zero-order valence-corrected chi connectivity index (χ0v) is 31.6. The Morgan fingerprint density at radius 2 is 1.64 bits per heavy atom. The number of ether oxygens (including phenoxy) is 1. The minimum absolute atomic E-state index is 0.0137. The lowest BCUT2D eigenvalue weighted by molar-refractivity contribution is -0.142. The number of thiazole rings is 1. The van der Waals surface area contributed by atoms with Gasteiger partial charge in [0, 0.05) is 32.1 Å². The largest absolute Gasteiger partial charge is 0.445 e. The van der Waals surface area contributed by atoms with Gasteiger partial charge < -0.3 is 35.8 Å². The first kappa shape index (κ1) is 39.4. The van der Waals surface area contributed by atoms with Gasteiger partial charge in [-0.25, -0.2) is 9.78 Å². The van der Waals surface area contributed by atoms with Crippen LogP contribution in [0.15, 0.2) is 60.7 Å². The Morgan fingerprint density at radius 1 is 0.943 bits per heavy atom. The molecular formula is C39H51N7O6S. The molecule has 5 rings (SSSR count). The fourth-order valence-corrected chi connectivity index (χ4v) is 7.67. The Kier molecular flexibility index (Phi) is 14.4. The normalized spacial score (nSPS) is 17.0. The van der Waals surface area contributed by atoms with Crippen molar-refractivity contribution in [1.82, 2.24) is 25.4 Å². The molecular weight excluding hydrogens is 695 g/mol. The Morgan fingerprint density at radius 3 is 2.34 bits per heavy atom. The van der Waals surface area contributed by atoms with Crippen molar-refractivity contribution in [2.24, 2.45) is 5.92 Å². The van der Waals surface area contributed by atoms with Crippen LogP contribution in [0.2, 0.25) is 0 Å². The highest BCUT2D eigenvalue weighted by molar-refractivity contribution is 7.20. The highest BCUT2D eigenvalue weighted by Crippen LogP contribution is 2.37. The average Bonchev–Trinajstić information content (AvgIpc) is 3.84. The van der Waals surface area contributed by atoms with Gasteiger partial charge in [-0.3, -0.25) is 19.2 Å². The van der Waals surface area contributed by atoms with Crippen LogP contribution in [0.3, 0.4) is 0 Å². The van der Waals surface area contributed by atoms with Gasteiger partial charge in [0.05, 0.1) is 6.04 Å². The second kappa shape index (κ2) is 19.3. The number of carbonyl (C=O) groups excluding carboxylic acids is 5. The monoisotopic (exact) mass is 745 g/mol. The van der Waals surface area contributed by atoms with Crippen molar-refractivity contribution >= 4 is 51.2 Å². The van der Waals surface area contributed by atoms with E-state index in [0.29, 0.717) is 48.2 Å². The third-order valence-electron chi connectivity index (χ3n) is 9.92. The van der Waals surface area contributed by atoms with Gasteiger partial charge in [0.15, 0.2) is 5.13 Å². The fraction of sp³-hybridized carbons (Fsp3) is 0.487. The van der Waals surface area contributed by atoms with E-state index < -0.39 is 24.2 Å². The van der Waals surface area contributed by atoms with Crippen LogP contribution in [-0.2, 0) is 30.5 Å². The van der Waals surface area contributed by atoms with Gasteiger partial charge in [-0.15, -0.1) is 0 Å². The number of carbonyl (C=O) groups is 5. The Balaban J connectivity index is 1.22. The van der Waals surface area contributed by atoms with Gasteiger partial charge in [0.25, 0.3) is 0 Å². The minimum Gasteiger partial charge on any atom is -0.445 e. The van der Waals surface area contributed by atoms with Crippen molar-refractivity contribution < 1.29 is 28.7 Å². The lowest BCUT2D eigenvalue weighted by atomic mass is 9.83. The summed E-state index contributed by atoms with van der Waals surface area (Å²) in [5, 5.41) is 12.6. The average molecular weight is 746 g/mol. The Bertz CT molecular complexity index is 1700. The third kappa shape index (κ3) is 10.9. The number of nitrogens with one attached hydrogen (secondary N) is 4. The van der Waals surface area contributed by atoms with Gasteiger partial charge in [0.1, 0.15) is 29.4 Å². The van der Waals surface area contributed by atoms with Crippen LogP contribution < -0.4 is 21.3 Å². The van der Waals surface area contributed by atoms with E-state index in [1.54, 1.807) is 25.9 Å². The van der Waals surface area contributed by atoms with E-state index in [1.807, 2.05) is 60.7 Å². The van der Waals surface area contributed by atoms with Crippen LogP contribution in [0.1, 0.15) is 70.3 Å². The molecule has 2 aliphatic rings. The van der Waals surface area contributed by atoms with E-state index in [1.165, 1.54) is 4.90 Å². The highest BCUT2D eigenvalue weighted by atomic mass is 32.1. The molecule has 3 atom stereocenters. The molecule has 14 heteroatoms. The maximum Gasteiger partial charge on any atom is 0.409 e. The maximum absolute atomic E-state index is 14.2. The summed E-state index contributed by atoms with van der Waals surface area (Å²) in [5.41, 5.74) is 2.15. The zero-order valence-electron chi connectivity index (χ0n) is 30.8. The number of hydrogen-bond acceptors (Lipinski definition) is 9. The molecule has 4 N–H and O–H groups in total. The minimum atomic E-state index is -0.715. The molecule has 1 aromatic heterocycles. The lowest BCUT2D eigenvalue weighted by Gasteiger charge is -2.35. The molecule has 0 spiro atoms. The van der Waals surface area contributed by atoms with Crippen LogP contribution >= 0.6 is 11.3 Å². The number of likely N-dealkylation sites (tertiary alicyclic amines) is 1. The van der Waals surface area contributed by atoms with Gasteiger partial charge in [-0.05, 0) is 57.6 Å². The van der Waals surface area contributed by atoms with Crippen molar-refractivity contribution in [3.05, 3.63) is 66.2 Å². The van der Waals surface area contributed by atoms with Gasteiger partial charge in [-0.1, -0.05) is 91.3 Å². The van der Waals surface area contributed by atoms with Crippen molar-refractivity contribution in [1.29, 1.82) is 0 Å². The smallest absolute Gasteiger partial charge is 0.409 e. The first-order chi connectivity index (χ1) is 25.6. The summed E-state index contributed by atoms with van der Waals surface area (Å²) < 4.78 is 5.36. The Hall–Kier alpha value is -4.82. The summed E-state index contributed by atoms with van der Waals surface area (Å²) in [6, 6.07) is 16.9. The van der Waals surface area contributed by atoms with E-state index in [9.17, 15) is 24.0 Å². The molecule has 0 unspecified atom stereocenters. The molecule has 0 bridgehead atoms. The van der Waals surface area contributed by atoms with E-state index in [2.05, 4.69) is 26.3 Å². The van der Waals surface area contributed by atoms with Crippen LogP contribution in [0.4, 0.5) is 14.9 Å². The summed E-state index contributed by atoms with van der Waals surface area (Å²) in [4.78, 5) is 74.2. The van der Waals surface area contributed by atoms with Crippen molar-refractivity contribution in [3.63, 3.8) is 0 Å². The predicted octanol–water partition coefficient (Wildman–Crippen LogP) is 5.40. The molecule has 53 heavy (non-hydrogen) atoms. The SMILES string of the molecule is CN[C@@H](C)C(=O)N[C@H](C(=O)N1CCC[C@H]1C(=O)Nc1sc(NC(=O)CCCN(C)C(=O)OCc2ccccc2)nc1-c1ccccc1)C1CCCCC1. The molecule has 0 radical (unpaired) electrons. The van der Waals surface area contributed by atoms with E-state index in [4.69, 9.17) is 4.74 Å². The molecule has 1 aliphatic carbocycles. The molecule has 284 valence electrons. The molecule has 2 heterocycles. The lowest BCUT2D eigenvalue weighted by Crippen LogP contribution is -2.57. The topological polar surface area (TPSA) is 162 Å². The number of benzene rings is 2. The fourth-order valence-electron chi connectivity index (χ4n) is 6.76. The molecule has 1 aliphatic heterocycles. The van der Waals surface area contributed by atoms with Crippen LogP contribution in [0.5, 0.6) is 0 Å². The van der Waals surface area contributed by atoms with Gasteiger partial charge >= 0.3 is 6.09 Å². The van der Waals surface area contributed by atoms with E-state index >= 15 is 0 Å². The van der Waals surface area contributed by atoms with Crippen molar-refractivity contribution in [3.8, 4) is 11.3 Å². The van der Waals surface area contributed by atoms with Crippen LogP contribution in [0, 0.1) is 5.92 Å². The maximum atomic E-state index is 14.2. The summed E-state index contributed by atoms with van der Waals surface area (Å²) >= 11 is 1.14. The molecule has 2 aromatic carbocycles. The number of aromatic nitrogens is 1. The zero-order chi connectivity index (χ0) is 37.7. The number of nitrogens with zero attached hydrogens (tertiary/aromatic N) is 3. The standard InChI is InChI=1S/C39H51N7O6S/c1-26(40-2)34(48)42-33(29-19-11-6-12-20-29)37(50)46-24-13-21-30(46)35(49)44-36-32(28-17-9-5-10-18-28)43-38(53-36)41-31(47)22-14-23-45(3)39(51)52-25-27-15-7-4-8-16-27/h4-5,7-10,15-18,26,29-30,33,40H,6,11-14,19-25H2,1-3H3,(H,42,48)(H,44,49)(H,41,43,47)/t26-,30-,33-/m0/s1. The molecule has 1 saturated heterocycles. The third-order valence-corrected chi connectivity index (χ3v) is 10.8. The molecule has 13 nitrogen and oxygen atoms in total. The molecule has 2 fully saturated rings. The first-order valence-electron chi connectivity index (χ1n) is 18.5. The van der Waals surface area contributed by atoms with E-state index in [0.717, 1.165) is 54.6 Å². The summed E-state index contributed by atoms with van der Waals surface area (Å²) in [6.07, 6.45) is 6.05. The molecule has 3 aromatic rings. The number of anilines is 2. The molecule has 5 amide bonds. The summed E-state index contributed by atoms with van der Waals surface area (Å²) in [6.45, 7) is 2.67. The van der Waals surface area contributed by atoms with Crippen LogP contribution in [-0.4, -0.2) is 89.8 Å². The highest BCUT2D eigenvalue weighted by Gasteiger charge is 2.41.